The van der Waals surface area contributed by atoms with Gasteiger partial charge in [0.2, 0.25) is 0 Å². The van der Waals surface area contributed by atoms with Crippen LogP contribution in [0.1, 0.15) is 21.8 Å². The number of aliphatic hydroxyl groups is 1. The third kappa shape index (κ3) is 3.08. The highest BCUT2D eigenvalue weighted by molar-refractivity contribution is 7.13. The molecule has 0 saturated carbocycles. The number of carbonyl (C=O) groups is 1. The van der Waals surface area contributed by atoms with Gasteiger partial charge in [0, 0.05) is 11.1 Å². The van der Waals surface area contributed by atoms with E-state index in [-0.39, 0.29) is 12.5 Å². The summed E-state index contributed by atoms with van der Waals surface area (Å²) in [5.41, 5.74) is 1.70. The van der Waals surface area contributed by atoms with Gasteiger partial charge in [-0.3, -0.25) is 4.79 Å². The summed E-state index contributed by atoms with van der Waals surface area (Å²) in [5, 5.41) is 14.2. The molecule has 0 atom stereocenters. The van der Waals surface area contributed by atoms with E-state index in [1.54, 1.807) is 29.6 Å². The second-order valence-corrected chi connectivity index (χ2v) is 5.62. The molecule has 3 aromatic rings. The molecule has 112 valence electrons. The van der Waals surface area contributed by atoms with Crippen LogP contribution in [0.5, 0.6) is 0 Å². The standard InChI is InChI=1S/C16H14N2O3S/c1-10-5-6-14(21-10)16-18-13(9-22-16)15(20)17-12-4-2-3-11(7-12)8-19/h2-7,9,19H,8H2,1H3,(H,17,20). The molecule has 6 heteroatoms. The molecular formula is C16H14N2O3S. The molecule has 0 aliphatic carbocycles. The lowest BCUT2D eigenvalue weighted by Gasteiger charge is -2.04. The first-order chi connectivity index (χ1) is 10.7. The molecule has 0 aliphatic heterocycles. The Labute approximate surface area is 131 Å². The fraction of sp³-hybridized carbons (Fsp3) is 0.125. The van der Waals surface area contributed by atoms with Gasteiger partial charge in [-0.2, -0.15) is 0 Å². The molecule has 1 aromatic carbocycles. The maximum Gasteiger partial charge on any atom is 0.275 e. The summed E-state index contributed by atoms with van der Waals surface area (Å²) in [5.74, 6) is 1.17. The average molecular weight is 314 g/mol. The van der Waals surface area contributed by atoms with Crippen molar-refractivity contribution in [2.75, 3.05) is 5.32 Å². The Balaban J connectivity index is 1.76. The van der Waals surface area contributed by atoms with Crippen molar-refractivity contribution in [2.24, 2.45) is 0 Å². The first kappa shape index (κ1) is 14.5. The maximum atomic E-state index is 12.2. The molecule has 0 saturated heterocycles. The Morgan fingerprint density at radius 2 is 2.23 bits per heavy atom. The number of hydrogen-bond donors (Lipinski definition) is 2. The number of furan rings is 1. The SMILES string of the molecule is Cc1ccc(-c2nc(C(=O)Nc3cccc(CO)c3)cs2)o1. The number of thiazole rings is 1. The Morgan fingerprint density at radius 3 is 2.95 bits per heavy atom. The number of rotatable bonds is 4. The maximum absolute atomic E-state index is 12.2. The summed E-state index contributed by atoms with van der Waals surface area (Å²) in [4.78, 5) is 16.5. The Hall–Kier alpha value is -2.44. The van der Waals surface area contributed by atoms with E-state index in [0.717, 1.165) is 11.3 Å². The van der Waals surface area contributed by atoms with Gasteiger partial charge in [-0.05, 0) is 36.8 Å². The molecule has 2 N–H and O–H groups in total. The lowest BCUT2D eigenvalue weighted by molar-refractivity contribution is 0.102. The van der Waals surface area contributed by atoms with Crippen LogP contribution in [-0.4, -0.2) is 16.0 Å². The van der Waals surface area contributed by atoms with Crippen LogP contribution in [0.2, 0.25) is 0 Å². The van der Waals surface area contributed by atoms with Crippen LogP contribution in [0.25, 0.3) is 10.8 Å². The van der Waals surface area contributed by atoms with Crippen molar-refractivity contribution < 1.29 is 14.3 Å². The van der Waals surface area contributed by atoms with E-state index in [0.29, 0.717) is 22.1 Å². The van der Waals surface area contributed by atoms with E-state index >= 15 is 0 Å². The van der Waals surface area contributed by atoms with E-state index in [1.807, 2.05) is 19.1 Å². The minimum atomic E-state index is -0.291. The summed E-state index contributed by atoms with van der Waals surface area (Å²) in [6.45, 7) is 1.79. The molecule has 3 rings (SSSR count). The third-order valence-corrected chi connectivity index (χ3v) is 3.91. The van der Waals surface area contributed by atoms with Gasteiger partial charge in [0.1, 0.15) is 11.5 Å². The van der Waals surface area contributed by atoms with Crippen molar-refractivity contribution in [1.29, 1.82) is 0 Å². The van der Waals surface area contributed by atoms with Crippen LogP contribution in [0.15, 0.2) is 46.2 Å². The quantitative estimate of drug-likeness (QED) is 0.773. The first-order valence-corrected chi connectivity index (χ1v) is 7.57. The number of benzene rings is 1. The minimum Gasteiger partial charge on any atom is -0.459 e. The smallest absolute Gasteiger partial charge is 0.275 e. The number of anilines is 1. The van der Waals surface area contributed by atoms with Crippen LogP contribution in [-0.2, 0) is 6.61 Å². The Kier molecular flexibility index (Phi) is 4.04. The zero-order chi connectivity index (χ0) is 15.5. The number of aromatic nitrogens is 1. The second-order valence-electron chi connectivity index (χ2n) is 4.76. The summed E-state index contributed by atoms with van der Waals surface area (Å²) in [6.07, 6.45) is 0. The molecule has 0 fully saturated rings. The fourth-order valence-corrected chi connectivity index (χ4v) is 2.74. The predicted octanol–water partition coefficient (Wildman–Crippen LogP) is 3.46. The van der Waals surface area contributed by atoms with Gasteiger partial charge in [-0.1, -0.05) is 12.1 Å². The minimum absolute atomic E-state index is 0.0671. The molecule has 22 heavy (non-hydrogen) atoms. The topological polar surface area (TPSA) is 75.4 Å². The normalized spacial score (nSPS) is 10.6. The van der Waals surface area contributed by atoms with Gasteiger partial charge in [0.15, 0.2) is 10.8 Å². The van der Waals surface area contributed by atoms with Crippen molar-refractivity contribution in [1.82, 2.24) is 4.98 Å². The van der Waals surface area contributed by atoms with Crippen molar-refractivity contribution in [3.63, 3.8) is 0 Å². The number of nitrogens with one attached hydrogen (secondary N) is 1. The monoisotopic (exact) mass is 314 g/mol. The molecule has 0 spiro atoms. The molecule has 0 aliphatic rings. The lowest BCUT2D eigenvalue weighted by atomic mass is 10.2. The van der Waals surface area contributed by atoms with Crippen LogP contribution >= 0.6 is 11.3 Å². The van der Waals surface area contributed by atoms with Gasteiger partial charge in [0.25, 0.3) is 5.91 Å². The molecule has 2 aromatic heterocycles. The Morgan fingerprint density at radius 1 is 1.36 bits per heavy atom. The zero-order valence-corrected chi connectivity index (χ0v) is 12.7. The number of amides is 1. The largest absolute Gasteiger partial charge is 0.459 e. The molecule has 0 bridgehead atoms. The van der Waals surface area contributed by atoms with Gasteiger partial charge >= 0.3 is 0 Å². The number of nitrogens with zero attached hydrogens (tertiary/aromatic N) is 1. The predicted molar refractivity (Wildman–Crippen MR) is 84.9 cm³/mol. The number of aliphatic hydroxyl groups excluding tert-OH is 1. The van der Waals surface area contributed by atoms with Crippen LogP contribution < -0.4 is 5.32 Å². The number of aryl methyl sites for hydroxylation is 1. The summed E-state index contributed by atoms with van der Waals surface area (Å²) < 4.78 is 5.50. The average Bonchev–Trinajstić information content (AvgIpc) is 3.16. The van der Waals surface area contributed by atoms with Crippen molar-refractivity contribution in [3.8, 4) is 10.8 Å². The molecule has 0 radical (unpaired) electrons. The third-order valence-electron chi connectivity index (χ3n) is 3.06. The van der Waals surface area contributed by atoms with Gasteiger partial charge in [-0.15, -0.1) is 11.3 Å². The summed E-state index contributed by atoms with van der Waals surface area (Å²) in [6, 6.07) is 10.7. The Bertz CT molecular complexity index is 807. The van der Waals surface area contributed by atoms with Gasteiger partial charge in [-0.25, -0.2) is 4.98 Å². The molecule has 2 heterocycles. The van der Waals surface area contributed by atoms with Crippen LogP contribution in [0.4, 0.5) is 5.69 Å². The zero-order valence-electron chi connectivity index (χ0n) is 11.9. The second kappa shape index (κ2) is 6.13. The highest BCUT2D eigenvalue weighted by atomic mass is 32.1. The molecule has 1 amide bonds. The highest BCUT2D eigenvalue weighted by Crippen LogP contribution is 2.26. The van der Waals surface area contributed by atoms with E-state index in [4.69, 9.17) is 9.52 Å². The van der Waals surface area contributed by atoms with E-state index in [1.165, 1.54) is 11.3 Å². The van der Waals surface area contributed by atoms with E-state index in [9.17, 15) is 4.79 Å². The first-order valence-electron chi connectivity index (χ1n) is 6.69. The molecule has 5 nitrogen and oxygen atoms in total. The summed E-state index contributed by atoms with van der Waals surface area (Å²) >= 11 is 1.36. The van der Waals surface area contributed by atoms with Crippen molar-refractivity contribution in [3.05, 3.63) is 58.8 Å². The van der Waals surface area contributed by atoms with Gasteiger partial charge < -0.3 is 14.8 Å². The number of carbonyl (C=O) groups excluding carboxylic acids is 1. The van der Waals surface area contributed by atoms with Gasteiger partial charge in [0.05, 0.1) is 6.61 Å². The highest BCUT2D eigenvalue weighted by Gasteiger charge is 2.14. The molecular weight excluding hydrogens is 300 g/mol. The summed E-state index contributed by atoms with van der Waals surface area (Å²) in [7, 11) is 0. The van der Waals surface area contributed by atoms with Crippen LogP contribution in [0, 0.1) is 6.92 Å². The number of hydrogen-bond acceptors (Lipinski definition) is 5. The van der Waals surface area contributed by atoms with Crippen molar-refractivity contribution in [2.45, 2.75) is 13.5 Å². The van der Waals surface area contributed by atoms with Crippen molar-refractivity contribution >= 4 is 22.9 Å². The lowest BCUT2D eigenvalue weighted by Crippen LogP contribution is -2.12. The van der Waals surface area contributed by atoms with E-state index in [2.05, 4.69) is 10.3 Å². The van der Waals surface area contributed by atoms with Crippen LogP contribution in [0.3, 0.4) is 0 Å². The molecule has 0 unspecified atom stereocenters. The fourth-order valence-electron chi connectivity index (χ4n) is 1.98. The van der Waals surface area contributed by atoms with E-state index < -0.39 is 0 Å².